The molecular weight excluding hydrogens is 250 g/mol. The third-order valence-corrected chi connectivity index (χ3v) is 4.17. The Morgan fingerprint density at radius 3 is 2.50 bits per heavy atom. The Hall–Kier alpha value is -1.21. The smallest absolute Gasteiger partial charge is 0.148 e. The van der Waals surface area contributed by atoms with E-state index in [1.807, 2.05) is 20.8 Å². The van der Waals surface area contributed by atoms with Crippen molar-refractivity contribution in [2.75, 3.05) is 23.5 Å². The van der Waals surface area contributed by atoms with Crippen molar-refractivity contribution in [3.8, 4) is 0 Å². The molecule has 7 heteroatoms. The van der Waals surface area contributed by atoms with E-state index >= 15 is 0 Å². The molecule has 1 aromatic heterocycles. The normalized spacial score (nSPS) is 14.1. The number of rotatable bonds is 6. The van der Waals surface area contributed by atoms with Crippen LogP contribution in [-0.4, -0.2) is 32.2 Å². The van der Waals surface area contributed by atoms with Gasteiger partial charge in [-0.15, -0.1) is 0 Å². The third-order valence-electron chi connectivity index (χ3n) is 2.80. The number of nitrogens with one attached hydrogen (secondary N) is 2. The van der Waals surface area contributed by atoms with Crippen LogP contribution < -0.4 is 16.6 Å². The zero-order valence-corrected chi connectivity index (χ0v) is 12.1. The molecule has 102 valence electrons. The predicted octanol–water partition coefficient (Wildman–Crippen LogP) is 0.948. The number of aryl methyl sites for hydroxylation is 1. The second-order valence-corrected chi connectivity index (χ2v) is 6.06. The highest BCUT2D eigenvalue weighted by Crippen LogP contribution is 2.18. The molecule has 0 bridgehead atoms. The van der Waals surface area contributed by atoms with Gasteiger partial charge in [0.2, 0.25) is 0 Å². The van der Waals surface area contributed by atoms with Gasteiger partial charge in [0.05, 0.1) is 0 Å². The summed E-state index contributed by atoms with van der Waals surface area (Å²) in [4.78, 5) is 8.52. The summed E-state index contributed by atoms with van der Waals surface area (Å²) >= 11 is 0. The molecule has 0 saturated carbocycles. The second-order valence-electron chi connectivity index (χ2n) is 4.26. The highest BCUT2D eigenvalue weighted by Gasteiger charge is 2.09. The van der Waals surface area contributed by atoms with E-state index < -0.39 is 10.8 Å². The van der Waals surface area contributed by atoms with Crippen molar-refractivity contribution in [2.45, 2.75) is 32.4 Å². The van der Waals surface area contributed by atoms with Crippen LogP contribution >= 0.6 is 0 Å². The number of nitrogen functional groups attached to an aromatic ring is 1. The summed E-state index contributed by atoms with van der Waals surface area (Å²) in [6.07, 6.45) is 2.55. The maximum absolute atomic E-state index is 11.2. The molecule has 1 rings (SSSR count). The van der Waals surface area contributed by atoms with Crippen LogP contribution in [0.4, 0.5) is 11.6 Å². The van der Waals surface area contributed by atoms with Crippen LogP contribution in [0.1, 0.15) is 24.7 Å². The quantitative estimate of drug-likeness (QED) is 0.527. The minimum Gasteiger partial charge on any atom is -0.370 e. The lowest BCUT2D eigenvalue weighted by atomic mass is 10.3. The number of anilines is 2. The molecule has 0 amide bonds. The van der Waals surface area contributed by atoms with E-state index in [0.717, 1.165) is 24.3 Å². The van der Waals surface area contributed by atoms with Crippen molar-refractivity contribution in [1.82, 2.24) is 9.97 Å². The molecule has 0 aliphatic heterocycles. The van der Waals surface area contributed by atoms with Gasteiger partial charge in [-0.05, 0) is 20.3 Å². The van der Waals surface area contributed by atoms with Crippen molar-refractivity contribution in [3.05, 3.63) is 11.4 Å². The van der Waals surface area contributed by atoms with Gasteiger partial charge >= 0.3 is 0 Å². The van der Waals surface area contributed by atoms with Crippen LogP contribution in [0.25, 0.3) is 0 Å². The molecule has 0 spiro atoms. The summed E-state index contributed by atoms with van der Waals surface area (Å²) in [5, 5.41) is 3.41. The zero-order chi connectivity index (χ0) is 13.7. The van der Waals surface area contributed by atoms with Gasteiger partial charge in [0.15, 0.2) is 0 Å². The number of hydrazine groups is 1. The van der Waals surface area contributed by atoms with Crippen molar-refractivity contribution >= 4 is 22.4 Å². The summed E-state index contributed by atoms with van der Waals surface area (Å²) in [6.45, 7) is 6.42. The fourth-order valence-electron chi connectivity index (χ4n) is 1.50. The third kappa shape index (κ3) is 3.92. The fraction of sp³-hybridized carbons (Fsp3) is 0.636. The Kier molecular flexibility index (Phi) is 5.49. The zero-order valence-electron chi connectivity index (χ0n) is 11.3. The highest BCUT2D eigenvalue weighted by atomic mass is 32.2. The minimum atomic E-state index is -0.789. The van der Waals surface area contributed by atoms with Crippen LogP contribution in [-0.2, 0) is 10.8 Å². The second kappa shape index (κ2) is 6.65. The maximum atomic E-state index is 11.2. The number of nitrogens with zero attached hydrogens (tertiary/aromatic N) is 2. The van der Waals surface area contributed by atoms with Crippen LogP contribution in [0.5, 0.6) is 0 Å². The van der Waals surface area contributed by atoms with Gasteiger partial charge in [-0.2, -0.15) is 0 Å². The van der Waals surface area contributed by atoms with Crippen molar-refractivity contribution in [2.24, 2.45) is 5.84 Å². The summed E-state index contributed by atoms with van der Waals surface area (Å²) in [7, 11) is -0.789. The average molecular weight is 271 g/mol. The standard InChI is InChI=1S/C11H21N5OS/c1-7(18(4)17)5-6-13-10-8(2)11(16-12)15-9(3)14-10/h7H,5-6,12H2,1-4H3,(H2,13,14,15,16). The maximum Gasteiger partial charge on any atom is 0.148 e. The molecule has 0 aliphatic carbocycles. The Balaban J connectivity index is 2.67. The molecule has 1 heterocycles. The molecule has 2 atom stereocenters. The summed E-state index contributed by atoms with van der Waals surface area (Å²) in [6, 6.07) is 0. The first-order chi connectivity index (χ1) is 8.45. The van der Waals surface area contributed by atoms with E-state index in [9.17, 15) is 4.21 Å². The summed E-state index contributed by atoms with van der Waals surface area (Å²) in [5.41, 5.74) is 3.44. The molecule has 0 saturated heterocycles. The molecule has 18 heavy (non-hydrogen) atoms. The van der Waals surface area contributed by atoms with Gasteiger partial charge in [-0.3, -0.25) is 4.21 Å². The van der Waals surface area contributed by atoms with E-state index in [0.29, 0.717) is 11.6 Å². The Morgan fingerprint density at radius 1 is 1.33 bits per heavy atom. The van der Waals surface area contributed by atoms with Crippen molar-refractivity contribution in [1.29, 1.82) is 0 Å². The predicted molar refractivity (Wildman–Crippen MR) is 76.0 cm³/mol. The van der Waals surface area contributed by atoms with Crippen LogP contribution in [0.3, 0.4) is 0 Å². The number of hydrogen-bond acceptors (Lipinski definition) is 6. The van der Waals surface area contributed by atoms with Crippen LogP contribution in [0.2, 0.25) is 0 Å². The molecule has 0 aliphatic rings. The molecule has 0 aromatic carbocycles. The summed E-state index contributed by atoms with van der Waals surface area (Å²) < 4.78 is 11.2. The number of aromatic nitrogens is 2. The lowest BCUT2D eigenvalue weighted by Gasteiger charge is -2.13. The van der Waals surface area contributed by atoms with E-state index in [-0.39, 0.29) is 5.25 Å². The summed E-state index contributed by atoms with van der Waals surface area (Å²) in [5.74, 6) is 7.44. The van der Waals surface area contributed by atoms with Gasteiger partial charge < -0.3 is 10.7 Å². The van der Waals surface area contributed by atoms with E-state index in [1.54, 1.807) is 6.26 Å². The molecule has 0 fully saturated rings. The monoisotopic (exact) mass is 271 g/mol. The van der Waals surface area contributed by atoms with Gasteiger partial charge in [-0.1, -0.05) is 6.92 Å². The molecule has 6 nitrogen and oxygen atoms in total. The molecular formula is C11H21N5OS. The van der Waals surface area contributed by atoms with Crippen LogP contribution in [0.15, 0.2) is 0 Å². The van der Waals surface area contributed by atoms with Gasteiger partial charge in [-0.25, -0.2) is 15.8 Å². The van der Waals surface area contributed by atoms with Gasteiger partial charge in [0.1, 0.15) is 17.5 Å². The van der Waals surface area contributed by atoms with E-state index in [2.05, 4.69) is 20.7 Å². The largest absolute Gasteiger partial charge is 0.370 e. The number of nitrogens with two attached hydrogens (primary N) is 1. The van der Waals surface area contributed by atoms with E-state index in [4.69, 9.17) is 5.84 Å². The van der Waals surface area contributed by atoms with Gasteiger partial charge in [0.25, 0.3) is 0 Å². The highest BCUT2D eigenvalue weighted by molar-refractivity contribution is 7.84. The minimum absolute atomic E-state index is 0.174. The van der Waals surface area contributed by atoms with E-state index in [1.165, 1.54) is 0 Å². The topological polar surface area (TPSA) is 92.9 Å². The number of hydrogen-bond donors (Lipinski definition) is 3. The first kappa shape index (κ1) is 14.8. The molecule has 1 aromatic rings. The SMILES string of the molecule is Cc1nc(NN)c(C)c(NCCC(C)S(C)=O)n1. The van der Waals surface area contributed by atoms with Crippen molar-refractivity contribution in [3.63, 3.8) is 0 Å². The average Bonchev–Trinajstić information content (AvgIpc) is 2.32. The Bertz CT molecular complexity index is 438. The Labute approximate surface area is 110 Å². The van der Waals surface area contributed by atoms with Crippen LogP contribution in [0, 0.1) is 13.8 Å². The Morgan fingerprint density at radius 2 is 1.94 bits per heavy atom. The fourth-order valence-corrected chi connectivity index (χ4v) is 1.95. The lowest BCUT2D eigenvalue weighted by molar-refractivity contribution is 0.672. The first-order valence-corrected chi connectivity index (χ1v) is 7.45. The lowest BCUT2D eigenvalue weighted by Crippen LogP contribution is -2.17. The molecule has 0 radical (unpaired) electrons. The molecule has 2 unspecified atom stereocenters. The molecule has 4 N–H and O–H groups in total. The van der Waals surface area contributed by atoms with Gasteiger partial charge in [0, 0.05) is 34.4 Å². The van der Waals surface area contributed by atoms with Crippen molar-refractivity contribution < 1.29 is 4.21 Å². The first-order valence-electron chi connectivity index (χ1n) is 5.83.